The van der Waals surface area contributed by atoms with Crippen LogP contribution >= 0.6 is 0 Å². The van der Waals surface area contributed by atoms with Gasteiger partial charge in [-0.05, 0) is 49.4 Å². The summed E-state index contributed by atoms with van der Waals surface area (Å²) in [5.41, 5.74) is 2.39. The van der Waals surface area contributed by atoms with Crippen LogP contribution in [0.1, 0.15) is 37.7 Å². The lowest BCUT2D eigenvalue weighted by Gasteiger charge is -2.11. The molecule has 0 aliphatic heterocycles. The molecule has 3 rings (SSSR count). The summed E-state index contributed by atoms with van der Waals surface area (Å²) in [7, 11) is 0. The van der Waals surface area contributed by atoms with Crippen LogP contribution in [-0.2, 0) is 4.79 Å². The lowest BCUT2D eigenvalue weighted by Crippen LogP contribution is -2.15. The fourth-order valence-electron chi connectivity index (χ4n) is 3.03. The van der Waals surface area contributed by atoms with Gasteiger partial charge < -0.3 is 5.32 Å². The highest BCUT2D eigenvalue weighted by Gasteiger charge is 2.18. The number of carbonyl (C=O) groups is 1. The summed E-state index contributed by atoms with van der Waals surface area (Å²) in [6.07, 6.45) is 5.32. The number of hydrogen-bond acceptors (Lipinski definition) is 4. The molecule has 1 amide bonds. The molecule has 1 aliphatic rings. The van der Waals surface area contributed by atoms with Crippen molar-refractivity contribution in [3.63, 3.8) is 0 Å². The van der Waals surface area contributed by atoms with E-state index in [1.54, 1.807) is 6.07 Å². The Balaban J connectivity index is 1.74. The molecule has 0 saturated heterocycles. The van der Waals surface area contributed by atoms with Gasteiger partial charge in [-0.2, -0.15) is 0 Å². The molecule has 6 nitrogen and oxygen atoms in total. The van der Waals surface area contributed by atoms with Gasteiger partial charge in [-0.1, -0.05) is 18.0 Å². The number of rotatable bonds is 4. The van der Waals surface area contributed by atoms with Gasteiger partial charge in [-0.15, -0.1) is 0 Å². The molecule has 0 atom stereocenters. The Bertz CT molecular complexity index is 726. The van der Waals surface area contributed by atoms with Crippen LogP contribution in [0.3, 0.4) is 0 Å². The van der Waals surface area contributed by atoms with Gasteiger partial charge in [-0.3, -0.25) is 14.3 Å². The predicted molar refractivity (Wildman–Crippen MR) is 82.5 cm³/mol. The van der Waals surface area contributed by atoms with Gasteiger partial charge in [-0.25, -0.2) is 4.79 Å². The van der Waals surface area contributed by atoms with Crippen LogP contribution < -0.4 is 11.1 Å². The van der Waals surface area contributed by atoms with E-state index in [9.17, 15) is 9.59 Å². The third-order valence-corrected chi connectivity index (χ3v) is 4.02. The molecular formula is C16H19N3O3. The second-order valence-corrected chi connectivity index (χ2v) is 5.93. The summed E-state index contributed by atoms with van der Waals surface area (Å²) in [4.78, 5) is 25.7. The number of carbonyl (C=O) groups excluding carboxylic acids is 1. The van der Waals surface area contributed by atoms with Crippen LogP contribution in [0.25, 0.3) is 11.4 Å². The summed E-state index contributed by atoms with van der Waals surface area (Å²) in [6.45, 7) is 1.92. The molecule has 1 aromatic heterocycles. The van der Waals surface area contributed by atoms with E-state index < -0.39 is 5.76 Å². The van der Waals surface area contributed by atoms with Crippen molar-refractivity contribution in [3.8, 4) is 11.4 Å². The van der Waals surface area contributed by atoms with Crippen LogP contribution in [0.2, 0.25) is 0 Å². The first-order valence-corrected chi connectivity index (χ1v) is 7.58. The first-order valence-electron chi connectivity index (χ1n) is 7.58. The number of hydrogen-bond donors (Lipinski definition) is 2. The van der Waals surface area contributed by atoms with Gasteiger partial charge in [0.2, 0.25) is 5.91 Å². The maximum absolute atomic E-state index is 12.1. The largest absolute Gasteiger partial charge is 0.439 e. The van der Waals surface area contributed by atoms with E-state index in [1.807, 2.05) is 19.1 Å². The molecule has 1 aromatic carbocycles. The number of aromatic nitrogens is 2. The summed E-state index contributed by atoms with van der Waals surface area (Å²) >= 11 is 0. The minimum atomic E-state index is -0.594. The van der Waals surface area contributed by atoms with Crippen molar-refractivity contribution in [1.82, 2.24) is 10.1 Å². The molecule has 22 heavy (non-hydrogen) atoms. The van der Waals surface area contributed by atoms with E-state index in [0.29, 0.717) is 29.4 Å². The van der Waals surface area contributed by atoms with E-state index in [1.165, 1.54) is 12.8 Å². The smallest absolute Gasteiger partial charge is 0.326 e. The van der Waals surface area contributed by atoms with Crippen molar-refractivity contribution < 1.29 is 9.32 Å². The first kappa shape index (κ1) is 14.6. The minimum Gasteiger partial charge on any atom is -0.326 e. The lowest BCUT2D eigenvalue weighted by molar-refractivity contribution is -0.117. The van der Waals surface area contributed by atoms with Crippen molar-refractivity contribution in [2.75, 3.05) is 5.32 Å². The molecular weight excluding hydrogens is 282 g/mol. The third-order valence-electron chi connectivity index (χ3n) is 4.02. The van der Waals surface area contributed by atoms with Crippen LogP contribution in [0, 0.1) is 12.8 Å². The number of aryl methyl sites for hydroxylation is 1. The summed E-state index contributed by atoms with van der Waals surface area (Å²) in [5, 5.41) is 6.61. The molecule has 1 fully saturated rings. The highest BCUT2D eigenvalue weighted by Crippen LogP contribution is 2.28. The topological polar surface area (TPSA) is 88.0 Å². The van der Waals surface area contributed by atoms with Gasteiger partial charge in [0.05, 0.1) is 0 Å². The van der Waals surface area contributed by atoms with E-state index in [2.05, 4.69) is 20.0 Å². The SMILES string of the molecule is Cc1cc(NC(=O)CC2CCCC2)cc(-c2noc(=O)[nH]2)c1. The molecule has 2 N–H and O–H groups in total. The fourth-order valence-corrected chi connectivity index (χ4v) is 3.03. The quantitative estimate of drug-likeness (QED) is 0.909. The second kappa shape index (κ2) is 6.17. The Morgan fingerprint density at radius 2 is 2.14 bits per heavy atom. The highest BCUT2D eigenvalue weighted by atomic mass is 16.5. The molecule has 1 saturated carbocycles. The van der Waals surface area contributed by atoms with Crippen LogP contribution in [0.15, 0.2) is 27.5 Å². The molecule has 0 bridgehead atoms. The van der Waals surface area contributed by atoms with Gasteiger partial charge >= 0.3 is 5.76 Å². The average molecular weight is 301 g/mol. The maximum atomic E-state index is 12.1. The van der Waals surface area contributed by atoms with Crippen molar-refractivity contribution in [2.24, 2.45) is 5.92 Å². The number of amides is 1. The molecule has 1 heterocycles. The molecule has 0 unspecified atom stereocenters. The van der Waals surface area contributed by atoms with Gasteiger partial charge in [0.25, 0.3) is 0 Å². The van der Waals surface area contributed by atoms with E-state index in [4.69, 9.17) is 0 Å². The van der Waals surface area contributed by atoms with E-state index in [-0.39, 0.29) is 5.91 Å². The van der Waals surface area contributed by atoms with Crippen molar-refractivity contribution >= 4 is 11.6 Å². The van der Waals surface area contributed by atoms with Gasteiger partial charge in [0, 0.05) is 17.7 Å². The zero-order valence-electron chi connectivity index (χ0n) is 12.5. The van der Waals surface area contributed by atoms with Crippen LogP contribution in [0.4, 0.5) is 5.69 Å². The molecule has 1 aliphatic carbocycles. The zero-order chi connectivity index (χ0) is 15.5. The number of nitrogens with one attached hydrogen (secondary N) is 2. The van der Waals surface area contributed by atoms with Crippen molar-refractivity contribution in [2.45, 2.75) is 39.0 Å². The highest BCUT2D eigenvalue weighted by molar-refractivity contribution is 5.91. The Morgan fingerprint density at radius 1 is 1.36 bits per heavy atom. The number of H-pyrrole nitrogens is 1. The predicted octanol–water partition coefficient (Wildman–Crippen LogP) is 2.86. The second-order valence-electron chi connectivity index (χ2n) is 5.93. The van der Waals surface area contributed by atoms with E-state index in [0.717, 1.165) is 18.4 Å². The Labute approximate surface area is 127 Å². The number of nitrogens with zero attached hydrogens (tertiary/aromatic N) is 1. The van der Waals surface area contributed by atoms with Crippen LogP contribution in [0.5, 0.6) is 0 Å². The van der Waals surface area contributed by atoms with E-state index >= 15 is 0 Å². The molecule has 2 aromatic rings. The molecule has 0 radical (unpaired) electrons. The van der Waals surface area contributed by atoms with Gasteiger partial charge in [0.1, 0.15) is 0 Å². The first-order chi connectivity index (χ1) is 10.6. The number of aromatic amines is 1. The standard InChI is InChI=1S/C16H19N3O3/c1-10-6-12(15-18-16(21)22-19-15)9-13(7-10)17-14(20)8-11-4-2-3-5-11/h6-7,9,11H,2-5,8H2,1H3,(H,17,20)(H,18,19,21). The van der Waals surface area contributed by atoms with Crippen LogP contribution in [-0.4, -0.2) is 16.0 Å². The molecule has 0 spiro atoms. The third kappa shape index (κ3) is 3.44. The van der Waals surface area contributed by atoms with Crippen molar-refractivity contribution in [3.05, 3.63) is 34.3 Å². The van der Waals surface area contributed by atoms with Gasteiger partial charge in [0.15, 0.2) is 5.82 Å². The Hall–Kier alpha value is -2.37. The molecule has 116 valence electrons. The maximum Gasteiger partial charge on any atom is 0.439 e. The monoisotopic (exact) mass is 301 g/mol. The average Bonchev–Trinajstić information content (AvgIpc) is 3.09. The Morgan fingerprint density at radius 3 is 2.82 bits per heavy atom. The summed E-state index contributed by atoms with van der Waals surface area (Å²) < 4.78 is 4.52. The van der Waals surface area contributed by atoms with Crippen molar-refractivity contribution in [1.29, 1.82) is 0 Å². The normalized spacial score (nSPS) is 15.1. The minimum absolute atomic E-state index is 0.0390. The zero-order valence-corrected chi connectivity index (χ0v) is 12.5. The fraction of sp³-hybridized carbons (Fsp3) is 0.438. The molecule has 6 heteroatoms. The summed E-state index contributed by atoms with van der Waals surface area (Å²) in [5.74, 6) is 0.316. The Kier molecular flexibility index (Phi) is 4.09. The lowest BCUT2D eigenvalue weighted by atomic mass is 10.0. The number of anilines is 1. The number of benzene rings is 1. The summed E-state index contributed by atoms with van der Waals surface area (Å²) in [6, 6.07) is 5.56.